The van der Waals surface area contributed by atoms with Crippen LogP contribution in [0, 0.1) is 29.5 Å². The molecule has 8 rings (SSSR count). The lowest BCUT2D eigenvalue weighted by Crippen LogP contribution is -2.53. The van der Waals surface area contributed by atoms with Gasteiger partial charge in [-0.2, -0.15) is 18.2 Å². The van der Waals surface area contributed by atoms with Gasteiger partial charge in [-0.3, -0.25) is 29.5 Å². The molecule has 15 heteroatoms. The van der Waals surface area contributed by atoms with Crippen LogP contribution < -0.4 is 5.43 Å². The Morgan fingerprint density at radius 1 is 0.925 bits per heavy atom. The first-order chi connectivity index (χ1) is 25.2. The van der Waals surface area contributed by atoms with Gasteiger partial charge >= 0.3 is 6.18 Å². The number of phenolic OH excluding ortho intramolecular Hbond substituents is 1. The first-order valence-electron chi connectivity index (χ1n) is 17.4. The van der Waals surface area contributed by atoms with E-state index >= 15 is 9.18 Å². The maximum absolute atomic E-state index is 15.3. The number of benzene rings is 2. The molecule has 53 heavy (non-hydrogen) atoms. The minimum absolute atomic E-state index is 0.0195. The van der Waals surface area contributed by atoms with Gasteiger partial charge in [0.1, 0.15) is 0 Å². The highest BCUT2D eigenvalue weighted by molar-refractivity contribution is 6.33. The molecule has 0 radical (unpaired) electrons. The van der Waals surface area contributed by atoms with Crippen LogP contribution in [-0.2, 0) is 30.8 Å². The number of rotatable bonds is 5. The van der Waals surface area contributed by atoms with Gasteiger partial charge in [-0.15, -0.1) is 0 Å². The monoisotopic (exact) mass is 770 g/mol. The number of allylic oxidation sites excluding steroid dienone is 2. The van der Waals surface area contributed by atoms with Crippen molar-refractivity contribution in [3.05, 3.63) is 98.9 Å². The molecular formula is C38H32Cl2F4N4O5. The van der Waals surface area contributed by atoms with E-state index < -0.39 is 81.0 Å². The van der Waals surface area contributed by atoms with E-state index in [9.17, 15) is 32.7 Å². The Labute approximate surface area is 310 Å². The number of hydrogen-bond acceptors (Lipinski definition) is 7. The van der Waals surface area contributed by atoms with Crippen LogP contribution in [0.25, 0.3) is 0 Å². The number of phenols is 1. The zero-order chi connectivity index (χ0) is 37.6. The van der Waals surface area contributed by atoms with Crippen LogP contribution in [0.4, 0.5) is 23.4 Å². The van der Waals surface area contributed by atoms with Crippen molar-refractivity contribution < 1.29 is 41.8 Å². The number of carbonyl (C=O) groups excluding carboxylic acids is 4. The number of anilines is 1. The van der Waals surface area contributed by atoms with Gasteiger partial charge in [0.2, 0.25) is 11.8 Å². The highest BCUT2D eigenvalue weighted by Crippen LogP contribution is 2.65. The number of imide groups is 2. The van der Waals surface area contributed by atoms with Crippen molar-refractivity contribution in [3.8, 4) is 5.75 Å². The summed E-state index contributed by atoms with van der Waals surface area (Å²) < 4.78 is 55.6. The van der Waals surface area contributed by atoms with Crippen molar-refractivity contribution in [2.24, 2.45) is 23.7 Å². The SMILES string of the molecule is O=C1[C@@H]2C[C@@H]3C(=CC[C@@H]4C(=O)N(C5CCCCC5)C(=O)[C@@H]43)[C@H](c3cccc(F)c3O)[C@]2(c2ccc(Cl)cc2)C(=O)N1Nc1ncc(C(F)(F)F)cc1Cl. The van der Waals surface area contributed by atoms with Gasteiger partial charge in [-0.25, -0.2) is 9.37 Å². The van der Waals surface area contributed by atoms with Crippen LogP contribution in [-0.4, -0.2) is 49.7 Å². The summed E-state index contributed by atoms with van der Waals surface area (Å²) in [7, 11) is 0. The van der Waals surface area contributed by atoms with E-state index in [4.69, 9.17) is 23.2 Å². The number of hydrazine groups is 1. The Bertz CT molecular complexity index is 2090. The summed E-state index contributed by atoms with van der Waals surface area (Å²) in [5.74, 6) is -9.33. The summed E-state index contributed by atoms with van der Waals surface area (Å²) in [6, 6.07) is 10.4. The minimum Gasteiger partial charge on any atom is -0.505 e. The number of carbonyl (C=O) groups is 4. The number of amides is 4. The maximum atomic E-state index is 15.3. The van der Waals surface area contributed by atoms with Crippen molar-refractivity contribution in [1.82, 2.24) is 14.9 Å². The van der Waals surface area contributed by atoms with Gasteiger partial charge in [0, 0.05) is 28.7 Å². The van der Waals surface area contributed by atoms with E-state index in [2.05, 4.69) is 10.4 Å². The Hall–Kier alpha value is -4.49. The second-order valence-corrected chi connectivity index (χ2v) is 15.3. The fraction of sp³-hybridized carbons (Fsp3) is 0.395. The summed E-state index contributed by atoms with van der Waals surface area (Å²) in [6.07, 6.45) is 1.74. The quantitative estimate of drug-likeness (QED) is 0.156. The Balaban J connectivity index is 1.31. The van der Waals surface area contributed by atoms with Crippen molar-refractivity contribution in [3.63, 3.8) is 0 Å². The first-order valence-corrected chi connectivity index (χ1v) is 18.2. The fourth-order valence-electron chi connectivity index (χ4n) is 9.62. The van der Waals surface area contributed by atoms with Crippen molar-refractivity contribution in [2.45, 2.75) is 68.5 Å². The molecule has 9 nitrogen and oxygen atoms in total. The van der Waals surface area contributed by atoms with E-state index in [0.717, 1.165) is 25.3 Å². The number of likely N-dealkylation sites (tertiary alicyclic amines) is 1. The second-order valence-electron chi connectivity index (χ2n) is 14.4. The predicted molar refractivity (Wildman–Crippen MR) is 184 cm³/mol. The first kappa shape index (κ1) is 35.5. The lowest BCUT2D eigenvalue weighted by Gasteiger charge is -2.50. The summed E-state index contributed by atoms with van der Waals surface area (Å²) in [5, 5.41) is 11.8. The number of alkyl halides is 3. The number of pyridine rings is 1. The highest BCUT2D eigenvalue weighted by Gasteiger charge is 2.71. The Morgan fingerprint density at radius 3 is 2.32 bits per heavy atom. The molecule has 2 aromatic carbocycles. The molecule has 0 bridgehead atoms. The summed E-state index contributed by atoms with van der Waals surface area (Å²) >= 11 is 12.5. The molecule has 1 aromatic heterocycles. The topological polar surface area (TPSA) is 120 Å². The number of halogens is 6. The predicted octanol–water partition coefficient (Wildman–Crippen LogP) is 7.57. The maximum Gasteiger partial charge on any atom is 0.417 e. The van der Waals surface area contributed by atoms with Gasteiger partial charge in [-0.1, -0.05) is 78.4 Å². The number of nitrogens with one attached hydrogen (secondary N) is 1. The van der Waals surface area contributed by atoms with Crippen LogP contribution >= 0.6 is 23.2 Å². The van der Waals surface area contributed by atoms with Gasteiger partial charge in [0.15, 0.2) is 17.4 Å². The molecule has 3 aromatic rings. The third-order valence-electron chi connectivity index (χ3n) is 11.9. The van der Waals surface area contributed by atoms with Crippen LogP contribution in [0.1, 0.15) is 67.6 Å². The van der Waals surface area contributed by atoms with E-state index in [-0.39, 0.29) is 41.8 Å². The molecule has 6 atom stereocenters. The smallest absolute Gasteiger partial charge is 0.417 e. The molecule has 276 valence electrons. The van der Waals surface area contributed by atoms with Gasteiger partial charge < -0.3 is 5.11 Å². The van der Waals surface area contributed by atoms with Gasteiger partial charge in [0.25, 0.3) is 11.8 Å². The third-order valence-corrected chi connectivity index (χ3v) is 12.4. The van der Waals surface area contributed by atoms with E-state index in [1.165, 1.54) is 29.2 Å². The number of hydrogen-bond donors (Lipinski definition) is 2. The number of nitrogens with zero attached hydrogens (tertiary/aromatic N) is 3. The molecule has 2 aliphatic heterocycles. The van der Waals surface area contributed by atoms with Crippen LogP contribution in [0.2, 0.25) is 10.0 Å². The molecule has 5 aliphatic rings. The normalized spacial score (nSPS) is 28.9. The molecule has 0 unspecified atom stereocenters. The van der Waals surface area contributed by atoms with Crippen molar-refractivity contribution in [1.29, 1.82) is 0 Å². The molecule has 3 aliphatic carbocycles. The lowest BCUT2D eigenvalue weighted by atomic mass is 9.49. The Kier molecular flexibility index (Phi) is 8.60. The number of aromatic nitrogens is 1. The van der Waals surface area contributed by atoms with Crippen molar-refractivity contribution in [2.75, 3.05) is 5.43 Å². The van der Waals surface area contributed by atoms with Crippen LogP contribution in [0.3, 0.4) is 0 Å². The Morgan fingerprint density at radius 2 is 1.64 bits per heavy atom. The number of para-hydroxylation sites is 1. The second kappa shape index (κ2) is 12.8. The van der Waals surface area contributed by atoms with Gasteiger partial charge in [0.05, 0.1) is 33.8 Å². The van der Waals surface area contributed by atoms with Crippen LogP contribution in [0.5, 0.6) is 5.75 Å². The largest absolute Gasteiger partial charge is 0.505 e. The van der Waals surface area contributed by atoms with E-state index in [1.807, 2.05) is 0 Å². The molecule has 2 N–H and O–H groups in total. The average molecular weight is 772 g/mol. The standard InChI is InChI=1S/C38H32Cl2F4N4O5/c39-20-11-9-18(10-12-20)37-26(34(51)48(36(37)53)46-32-27(40)15-19(17-45-32)38(42,43)44)16-25-22(30(37)24-7-4-8-28(41)31(24)49)13-14-23-29(25)35(52)47(33(23)50)21-5-2-1-3-6-21/h4,7-13,15,17,21,23,25-26,29-30,49H,1-3,5-6,14,16H2,(H,45,46)/t23-,25+,26-,29-,30+,37+/m0/s1. The zero-order valence-electron chi connectivity index (χ0n) is 27.9. The summed E-state index contributed by atoms with van der Waals surface area (Å²) in [4.78, 5) is 63.5. The molecule has 2 saturated heterocycles. The molecule has 3 heterocycles. The van der Waals surface area contributed by atoms with Gasteiger partial charge in [-0.05, 0) is 61.4 Å². The fourth-order valence-corrected chi connectivity index (χ4v) is 9.95. The molecule has 4 amide bonds. The van der Waals surface area contributed by atoms with E-state index in [1.54, 1.807) is 18.2 Å². The highest BCUT2D eigenvalue weighted by atomic mass is 35.5. The van der Waals surface area contributed by atoms with Crippen LogP contribution in [0.15, 0.2) is 66.4 Å². The summed E-state index contributed by atoms with van der Waals surface area (Å²) in [5.41, 5.74) is 0.269. The number of fused-ring (bicyclic) bond motifs is 4. The number of aromatic hydroxyl groups is 1. The minimum atomic E-state index is -4.77. The third kappa shape index (κ3) is 5.36. The molecular weight excluding hydrogens is 739 g/mol. The van der Waals surface area contributed by atoms with Crippen molar-refractivity contribution >= 4 is 52.6 Å². The average Bonchev–Trinajstić information content (AvgIpc) is 3.51. The summed E-state index contributed by atoms with van der Waals surface area (Å²) in [6.45, 7) is 0. The zero-order valence-corrected chi connectivity index (χ0v) is 29.4. The molecule has 0 spiro atoms. The molecule has 2 saturated carbocycles. The molecule has 4 fully saturated rings. The lowest BCUT2D eigenvalue weighted by molar-refractivity contribution is -0.144. The van der Waals surface area contributed by atoms with E-state index in [0.29, 0.717) is 40.7 Å².